The number of fused-ring (bicyclic) bond motifs is 1. The summed E-state index contributed by atoms with van der Waals surface area (Å²) in [6.45, 7) is 0. The van der Waals surface area contributed by atoms with Crippen molar-refractivity contribution in [2.24, 2.45) is 0 Å². The Kier molecular flexibility index (Phi) is 3.33. The number of pyridine rings is 1. The Bertz CT molecular complexity index is 570. The molecule has 0 amide bonds. The number of Topliss-reactive ketones (excluding diaryl/α,β-unsaturated/α-hetero) is 1. The highest BCUT2D eigenvalue weighted by atomic mass is 32.2. The molecular formula is C15H15NOS. The van der Waals surface area contributed by atoms with Crippen LogP contribution in [0.1, 0.15) is 29.6 Å². The van der Waals surface area contributed by atoms with Crippen LogP contribution < -0.4 is 0 Å². The van der Waals surface area contributed by atoms with E-state index in [4.69, 9.17) is 0 Å². The van der Waals surface area contributed by atoms with Gasteiger partial charge in [0.1, 0.15) is 0 Å². The molecule has 0 radical (unpaired) electrons. The molecule has 0 bridgehead atoms. The van der Waals surface area contributed by atoms with E-state index in [-0.39, 0.29) is 11.0 Å². The van der Waals surface area contributed by atoms with Crippen molar-refractivity contribution < 1.29 is 4.79 Å². The largest absolute Gasteiger partial charge is 0.293 e. The van der Waals surface area contributed by atoms with E-state index in [1.54, 1.807) is 18.0 Å². The van der Waals surface area contributed by atoms with Crippen molar-refractivity contribution in [3.63, 3.8) is 0 Å². The molecule has 1 unspecified atom stereocenters. The van der Waals surface area contributed by atoms with Gasteiger partial charge in [-0.25, -0.2) is 0 Å². The summed E-state index contributed by atoms with van der Waals surface area (Å²) in [5, 5.41) is 1.18. The van der Waals surface area contributed by atoms with Gasteiger partial charge in [0.2, 0.25) is 0 Å². The van der Waals surface area contributed by atoms with Gasteiger partial charge < -0.3 is 0 Å². The first kappa shape index (κ1) is 11.7. The number of carbonyl (C=O) groups excluding carboxylic acids is 1. The number of thioether (sulfide) groups is 1. The summed E-state index contributed by atoms with van der Waals surface area (Å²) < 4.78 is 0. The van der Waals surface area contributed by atoms with E-state index in [9.17, 15) is 4.79 Å². The third kappa shape index (κ3) is 2.15. The Hall–Kier alpha value is -1.35. The van der Waals surface area contributed by atoms with E-state index in [2.05, 4.69) is 4.98 Å². The van der Waals surface area contributed by atoms with Gasteiger partial charge in [0.15, 0.2) is 5.78 Å². The summed E-state index contributed by atoms with van der Waals surface area (Å²) in [5.41, 5.74) is 1.63. The lowest BCUT2D eigenvalue weighted by Gasteiger charge is -2.20. The highest BCUT2D eigenvalue weighted by Gasteiger charge is 2.24. The van der Waals surface area contributed by atoms with Crippen molar-refractivity contribution in [3.8, 4) is 0 Å². The molecule has 18 heavy (non-hydrogen) atoms. The van der Waals surface area contributed by atoms with Crippen molar-refractivity contribution in [3.05, 3.63) is 42.1 Å². The molecule has 2 nitrogen and oxygen atoms in total. The van der Waals surface area contributed by atoms with E-state index in [0.29, 0.717) is 0 Å². The molecule has 1 fully saturated rings. The minimum Gasteiger partial charge on any atom is -0.293 e. The molecule has 2 heterocycles. The number of hydrogen-bond donors (Lipinski definition) is 0. The zero-order chi connectivity index (χ0) is 12.4. The Morgan fingerprint density at radius 1 is 1.22 bits per heavy atom. The van der Waals surface area contributed by atoms with Crippen LogP contribution in [-0.2, 0) is 0 Å². The summed E-state index contributed by atoms with van der Waals surface area (Å²) >= 11 is 1.80. The van der Waals surface area contributed by atoms with Crippen LogP contribution in [-0.4, -0.2) is 21.8 Å². The number of hydrogen-bond acceptors (Lipinski definition) is 3. The van der Waals surface area contributed by atoms with E-state index in [1.807, 2.05) is 30.3 Å². The number of ketones is 1. The minimum absolute atomic E-state index is 0.131. The first-order valence-electron chi connectivity index (χ1n) is 6.36. The third-order valence-corrected chi connectivity index (χ3v) is 4.75. The van der Waals surface area contributed by atoms with Gasteiger partial charge >= 0.3 is 0 Å². The van der Waals surface area contributed by atoms with Crippen LogP contribution in [0.2, 0.25) is 0 Å². The fourth-order valence-electron chi connectivity index (χ4n) is 2.42. The predicted molar refractivity (Wildman–Crippen MR) is 76.2 cm³/mol. The quantitative estimate of drug-likeness (QED) is 0.768. The first-order valence-corrected chi connectivity index (χ1v) is 7.41. The van der Waals surface area contributed by atoms with E-state index in [1.165, 1.54) is 12.8 Å². The molecule has 0 spiro atoms. The topological polar surface area (TPSA) is 30.0 Å². The minimum atomic E-state index is 0.131. The van der Waals surface area contributed by atoms with Crippen LogP contribution >= 0.6 is 11.8 Å². The van der Waals surface area contributed by atoms with Crippen LogP contribution in [0.3, 0.4) is 0 Å². The van der Waals surface area contributed by atoms with E-state index in [0.717, 1.165) is 28.6 Å². The molecular weight excluding hydrogens is 242 g/mol. The van der Waals surface area contributed by atoms with Gasteiger partial charge in [-0.05, 0) is 30.7 Å². The number of benzene rings is 1. The maximum Gasteiger partial charge on any atom is 0.177 e. The zero-order valence-corrected chi connectivity index (χ0v) is 11.0. The van der Waals surface area contributed by atoms with Gasteiger partial charge in [-0.1, -0.05) is 24.6 Å². The fourth-order valence-corrected chi connectivity index (χ4v) is 3.69. The van der Waals surface area contributed by atoms with Crippen LogP contribution in [0, 0.1) is 0 Å². The van der Waals surface area contributed by atoms with Gasteiger partial charge in [0, 0.05) is 17.1 Å². The van der Waals surface area contributed by atoms with Gasteiger partial charge in [-0.2, -0.15) is 11.8 Å². The highest BCUT2D eigenvalue weighted by molar-refractivity contribution is 8.00. The third-order valence-electron chi connectivity index (χ3n) is 3.37. The van der Waals surface area contributed by atoms with Crippen LogP contribution in [0.5, 0.6) is 0 Å². The number of rotatable bonds is 2. The maximum absolute atomic E-state index is 12.6. The van der Waals surface area contributed by atoms with Gasteiger partial charge in [-0.15, -0.1) is 0 Å². The van der Waals surface area contributed by atoms with Crippen LogP contribution in [0.4, 0.5) is 0 Å². The summed E-state index contributed by atoms with van der Waals surface area (Å²) in [5.74, 6) is 1.36. The molecule has 0 aliphatic carbocycles. The van der Waals surface area contributed by atoms with Crippen molar-refractivity contribution in [2.45, 2.75) is 24.5 Å². The Morgan fingerprint density at radius 2 is 2.11 bits per heavy atom. The average molecular weight is 257 g/mol. The fraction of sp³-hybridized carbons (Fsp3) is 0.333. The van der Waals surface area contributed by atoms with Crippen molar-refractivity contribution in [2.75, 3.05) is 5.75 Å². The second-order valence-corrected chi connectivity index (χ2v) is 5.91. The summed E-state index contributed by atoms with van der Waals surface area (Å²) in [6, 6.07) is 9.78. The van der Waals surface area contributed by atoms with E-state index >= 15 is 0 Å². The second kappa shape index (κ2) is 5.11. The summed E-state index contributed by atoms with van der Waals surface area (Å²) in [7, 11) is 0. The van der Waals surface area contributed by atoms with Gasteiger partial charge in [0.25, 0.3) is 0 Å². The monoisotopic (exact) mass is 257 g/mol. The van der Waals surface area contributed by atoms with Crippen LogP contribution in [0.15, 0.2) is 36.5 Å². The molecule has 1 aliphatic rings. The standard InChI is InChI=1S/C15H15NOS/c17-15(13-8-1-2-10-18-13)12-7-3-5-11-6-4-9-16-14(11)12/h3-7,9,13H,1-2,8,10H2. The smallest absolute Gasteiger partial charge is 0.177 e. The molecule has 3 heteroatoms. The van der Waals surface area contributed by atoms with Crippen LogP contribution in [0.25, 0.3) is 10.9 Å². The maximum atomic E-state index is 12.6. The lowest BCUT2D eigenvalue weighted by Crippen LogP contribution is -2.21. The number of aromatic nitrogens is 1. The Morgan fingerprint density at radius 3 is 2.94 bits per heavy atom. The summed E-state index contributed by atoms with van der Waals surface area (Å²) in [4.78, 5) is 16.9. The molecule has 1 atom stereocenters. The summed E-state index contributed by atoms with van der Waals surface area (Å²) in [6.07, 6.45) is 5.17. The van der Waals surface area contributed by atoms with Gasteiger partial charge in [0.05, 0.1) is 10.8 Å². The number of carbonyl (C=O) groups is 1. The number of para-hydroxylation sites is 1. The lowest BCUT2D eigenvalue weighted by atomic mass is 10.0. The lowest BCUT2D eigenvalue weighted by molar-refractivity contribution is 0.0986. The average Bonchev–Trinajstić information content (AvgIpc) is 2.47. The van der Waals surface area contributed by atoms with Crippen molar-refractivity contribution >= 4 is 28.4 Å². The predicted octanol–water partition coefficient (Wildman–Crippen LogP) is 3.70. The number of nitrogens with zero attached hydrogens (tertiary/aromatic N) is 1. The molecule has 1 aliphatic heterocycles. The molecule has 0 N–H and O–H groups in total. The second-order valence-electron chi connectivity index (χ2n) is 4.60. The first-order chi connectivity index (χ1) is 8.86. The molecule has 1 aromatic heterocycles. The molecule has 2 aromatic rings. The molecule has 3 rings (SSSR count). The van der Waals surface area contributed by atoms with Gasteiger partial charge in [-0.3, -0.25) is 9.78 Å². The molecule has 92 valence electrons. The molecule has 1 saturated heterocycles. The zero-order valence-electron chi connectivity index (χ0n) is 10.1. The SMILES string of the molecule is O=C(c1cccc2cccnc12)C1CCCCS1. The van der Waals surface area contributed by atoms with Crippen molar-refractivity contribution in [1.82, 2.24) is 4.98 Å². The highest BCUT2D eigenvalue weighted by Crippen LogP contribution is 2.29. The van der Waals surface area contributed by atoms with E-state index < -0.39 is 0 Å². The normalized spacial score (nSPS) is 19.9. The molecule has 1 aromatic carbocycles. The Labute approximate surface area is 111 Å². The Balaban J connectivity index is 2.00. The van der Waals surface area contributed by atoms with Crippen molar-refractivity contribution in [1.29, 1.82) is 0 Å². The molecule has 0 saturated carbocycles.